The molecule has 0 saturated carbocycles. The normalized spacial score (nSPS) is 11.7. The van der Waals surface area contributed by atoms with Crippen LogP contribution in [0.5, 0.6) is 5.88 Å². The third kappa shape index (κ3) is 4.86. The number of nitrogens with zero attached hydrogens (tertiary/aromatic N) is 3. The Kier molecular flexibility index (Phi) is 6.45. The molecule has 0 aliphatic heterocycles. The second kappa shape index (κ2) is 8.38. The summed E-state index contributed by atoms with van der Waals surface area (Å²) in [5.74, 6) is -0.259. The molecule has 0 N–H and O–H groups in total. The molecule has 0 atom stereocenters. The topological polar surface area (TPSA) is 38.2 Å². The van der Waals surface area contributed by atoms with Gasteiger partial charge in [-0.1, -0.05) is 25.5 Å². The molecular formula is C19H24F3N3O. The fraction of sp³-hybridized carbons (Fsp3) is 0.474. The summed E-state index contributed by atoms with van der Waals surface area (Å²) < 4.78 is 44.9. The van der Waals surface area contributed by atoms with Crippen LogP contribution in [0.3, 0.4) is 0 Å². The Balaban J connectivity index is 2.46. The van der Waals surface area contributed by atoms with Gasteiger partial charge in [0.25, 0.3) is 0 Å². The van der Waals surface area contributed by atoms with Crippen molar-refractivity contribution >= 4 is 11.6 Å². The molecule has 142 valence electrons. The van der Waals surface area contributed by atoms with Gasteiger partial charge >= 0.3 is 6.18 Å². The van der Waals surface area contributed by atoms with E-state index in [4.69, 9.17) is 4.74 Å². The Morgan fingerprint density at radius 3 is 2.50 bits per heavy atom. The predicted octanol–water partition coefficient (Wildman–Crippen LogP) is 5.39. The van der Waals surface area contributed by atoms with E-state index < -0.39 is 23.7 Å². The summed E-state index contributed by atoms with van der Waals surface area (Å²) in [7, 11) is 0. The number of aryl methyl sites for hydroxylation is 1. The second-order valence-electron chi connectivity index (χ2n) is 6.22. The number of aromatic nitrogens is 2. The van der Waals surface area contributed by atoms with Crippen molar-refractivity contribution in [2.45, 2.75) is 52.8 Å². The van der Waals surface area contributed by atoms with E-state index in [1.165, 1.54) is 0 Å². The molecule has 2 rings (SSSR count). The SMILES string of the molecule is CCCc1cccc(N(CC)c2ncc(C(F)(F)F)c(OC(C)C)n2)c1. The van der Waals surface area contributed by atoms with Crippen LogP contribution in [0.1, 0.15) is 45.2 Å². The minimum absolute atomic E-state index is 0.185. The largest absolute Gasteiger partial charge is 0.474 e. The number of halogens is 3. The number of hydrogen-bond donors (Lipinski definition) is 0. The lowest BCUT2D eigenvalue weighted by Gasteiger charge is -2.23. The maximum absolute atomic E-state index is 13.2. The van der Waals surface area contributed by atoms with E-state index in [1.807, 2.05) is 31.2 Å². The first-order valence-corrected chi connectivity index (χ1v) is 8.73. The zero-order chi connectivity index (χ0) is 19.3. The maximum atomic E-state index is 13.2. The molecule has 26 heavy (non-hydrogen) atoms. The average Bonchev–Trinajstić information content (AvgIpc) is 2.55. The van der Waals surface area contributed by atoms with E-state index in [0.717, 1.165) is 30.3 Å². The summed E-state index contributed by atoms with van der Waals surface area (Å²) in [5.41, 5.74) is 1.04. The molecule has 0 aliphatic carbocycles. The van der Waals surface area contributed by atoms with E-state index in [-0.39, 0.29) is 5.95 Å². The number of anilines is 2. The lowest BCUT2D eigenvalue weighted by molar-refractivity contribution is -0.139. The Morgan fingerprint density at radius 1 is 1.19 bits per heavy atom. The van der Waals surface area contributed by atoms with E-state index in [2.05, 4.69) is 16.9 Å². The lowest BCUT2D eigenvalue weighted by Crippen LogP contribution is -2.22. The zero-order valence-corrected chi connectivity index (χ0v) is 15.5. The van der Waals surface area contributed by atoms with Gasteiger partial charge in [-0.25, -0.2) is 4.98 Å². The molecular weight excluding hydrogens is 343 g/mol. The van der Waals surface area contributed by atoms with Crippen LogP contribution in [0.25, 0.3) is 0 Å². The molecule has 7 heteroatoms. The van der Waals surface area contributed by atoms with Crippen molar-refractivity contribution in [1.82, 2.24) is 9.97 Å². The van der Waals surface area contributed by atoms with Crippen molar-refractivity contribution in [3.63, 3.8) is 0 Å². The summed E-state index contributed by atoms with van der Waals surface area (Å²) in [6, 6.07) is 7.87. The highest BCUT2D eigenvalue weighted by Crippen LogP contribution is 2.36. The van der Waals surface area contributed by atoms with Crippen LogP contribution in [-0.4, -0.2) is 22.6 Å². The highest BCUT2D eigenvalue weighted by Gasteiger charge is 2.37. The quantitative estimate of drug-likeness (QED) is 0.657. The standard InChI is InChI=1S/C19H24F3N3O/c1-5-8-14-9-7-10-15(11-14)25(6-2)18-23-12-16(19(20,21)22)17(24-18)26-13(3)4/h7,9-13H,5-6,8H2,1-4H3. The van der Waals surface area contributed by atoms with Crippen molar-refractivity contribution in [3.8, 4) is 5.88 Å². The van der Waals surface area contributed by atoms with Crippen LogP contribution in [0.2, 0.25) is 0 Å². The van der Waals surface area contributed by atoms with Crippen LogP contribution >= 0.6 is 0 Å². The van der Waals surface area contributed by atoms with Gasteiger partial charge in [0.2, 0.25) is 11.8 Å². The lowest BCUT2D eigenvalue weighted by atomic mass is 10.1. The molecule has 0 unspecified atom stereocenters. The first-order valence-electron chi connectivity index (χ1n) is 8.73. The van der Waals surface area contributed by atoms with Crippen molar-refractivity contribution in [1.29, 1.82) is 0 Å². The summed E-state index contributed by atoms with van der Waals surface area (Å²) in [6.45, 7) is 7.83. The van der Waals surface area contributed by atoms with Crippen LogP contribution in [0.4, 0.5) is 24.8 Å². The van der Waals surface area contributed by atoms with Gasteiger partial charge in [-0.05, 0) is 44.9 Å². The Morgan fingerprint density at radius 2 is 1.92 bits per heavy atom. The van der Waals surface area contributed by atoms with Gasteiger partial charge in [0.15, 0.2) is 0 Å². The summed E-state index contributed by atoms with van der Waals surface area (Å²) in [6.07, 6.45) is -2.26. The van der Waals surface area contributed by atoms with E-state index >= 15 is 0 Å². The first-order chi connectivity index (χ1) is 12.3. The fourth-order valence-electron chi connectivity index (χ4n) is 2.60. The molecule has 0 bridgehead atoms. The number of ether oxygens (including phenoxy) is 1. The molecule has 1 heterocycles. The Hall–Kier alpha value is -2.31. The molecule has 0 aliphatic rings. The molecule has 2 aromatic rings. The van der Waals surface area contributed by atoms with Crippen LogP contribution in [0, 0.1) is 0 Å². The molecule has 0 amide bonds. The van der Waals surface area contributed by atoms with Crippen molar-refractivity contribution in [2.24, 2.45) is 0 Å². The fourth-order valence-corrected chi connectivity index (χ4v) is 2.60. The monoisotopic (exact) mass is 367 g/mol. The van der Waals surface area contributed by atoms with E-state index in [0.29, 0.717) is 6.54 Å². The first kappa shape index (κ1) is 20.0. The molecule has 4 nitrogen and oxygen atoms in total. The molecule has 1 aromatic carbocycles. The van der Waals surface area contributed by atoms with Gasteiger partial charge in [0.05, 0.1) is 6.10 Å². The van der Waals surface area contributed by atoms with Crippen molar-refractivity contribution in [3.05, 3.63) is 41.6 Å². The number of rotatable bonds is 7. The van der Waals surface area contributed by atoms with Gasteiger partial charge in [0, 0.05) is 18.4 Å². The third-order valence-corrected chi connectivity index (χ3v) is 3.71. The summed E-state index contributed by atoms with van der Waals surface area (Å²) in [5, 5.41) is 0. The van der Waals surface area contributed by atoms with Crippen LogP contribution < -0.4 is 9.64 Å². The van der Waals surface area contributed by atoms with Crippen molar-refractivity contribution in [2.75, 3.05) is 11.4 Å². The van der Waals surface area contributed by atoms with Crippen LogP contribution in [-0.2, 0) is 12.6 Å². The predicted molar refractivity (Wildman–Crippen MR) is 95.9 cm³/mol. The van der Waals surface area contributed by atoms with Crippen molar-refractivity contribution < 1.29 is 17.9 Å². The zero-order valence-electron chi connectivity index (χ0n) is 15.5. The molecule has 0 radical (unpaired) electrons. The van der Waals surface area contributed by atoms with Gasteiger partial charge in [-0.3, -0.25) is 0 Å². The van der Waals surface area contributed by atoms with Crippen LogP contribution in [0.15, 0.2) is 30.5 Å². The Labute approximate surface area is 152 Å². The second-order valence-corrected chi connectivity index (χ2v) is 6.22. The number of alkyl halides is 3. The maximum Gasteiger partial charge on any atom is 0.423 e. The minimum atomic E-state index is -4.57. The van der Waals surface area contributed by atoms with Gasteiger partial charge in [-0.15, -0.1) is 0 Å². The number of benzene rings is 1. The average molecular weight is 367 g/mol. The molecule has 0 saturated heterocycles. The van der Waals surface area contributed by atoms with Gasteiger partial charge in [-0.2, -0.15) is 18.2 Å². The van der Waals surface area contributed by atoms with Gasteiger partial charge in [0.1, 0.15) is 5.56 Å². The molecule has 0 spiro atoms. The van der Waals surface area contributed by atoms with Gasteiger partial charge < -0.3 is 9.64 Å². The van der Waals surface area contributed by atoms with E-state index in [1.54, 1.807) is 18.7 Å². The molecule has 1 aromatic heterocycles. The summed E-state index contributed by atoms with van der Waals surface area (Å²) >= 11 is 0. The molecule has 0 fully saturated rings. The number of hydrogen-bond acceptors (Lipinski definition) is 4. The minimum Gasteiger partial charge on any atom is -0.474 e. The highest BCUT2D eigenvalue weighted by molar-refractivity contribution is 5.58. The van der Waals surface area contributed by atoms with E-state index in [9.17, 15) is 13.2 Å². The smallest absolute Gasteiger partial charge is 0.423 e. The Bertz CT molecular complexity index is 732. The third-order valence-electron chi connectivity index (χ3n) is 3.71. The highest BCUT2D eigenvalue weighted by atomic mass is 19.4. The summed E-state index contributed by atoms with van der Waals surface area (Å²) in [4.78, 5) is 9.80.